The zero-order valence-corrected chi connectivity index (χ0v) is 14.8. The number of hydrogen-bond donors (Lipinski definition) is 2. The smallest absolute Gasteiger partial charge is 0.237 e. The van der Waals surface area contributed by atoms with Crippen molar-refractivity contribution in [1.82, 2.24) is 10.6 Å². The summed E-state index contributed by atoms with van der Waals surface area (Å²) in [5.74, 6) is 0.807. The fourth-order valence-electron chi connectivity index (χ4n) is 2.61. The Labute approximate surface area is 144 Å². The van der Waals surface area contributed by atoms with Gasteiger partial charge in [-0.2, -0.15) is 0 Å². The highest BCUT2D eigenvalue weighted by atomic mass is 16.5. The molecule has 0 aliphatic heterocycles. The highest BCUT2D eigenvalue weighted by Crippen LogP contribution is 2.24. The van der Waals surface area contributed by atoms with E-state index in [1.54, 1.807) is 7.11 Å². The monoisotopic (exact) mass is 326 g/mol. The summed E-state index contributed by atoms with van der Waals surface area (Å²) in [6.07, 6.45) is 0. The van der Waals surface area contributed by atoms with Crippen LogP contribution in [0.3, 0.4) is 0 Å². The lowest BCUT2D eigenvalue weighted by atomic mass is 10.1. The molecule has 2 rings (SSSR count). The molecule has 1 amide bonds. The molecule has 2 atom stereocenters. The van der Waals surface area contributed by atoms with Gasteiger partial charge >= 0.3 is 0 Å². The molecule has 24 heavy (non-hydrogen) atoms. The van der Waals surface area contributed by atoms with E-state index in [2.05, 4.69) is 10.6 Å². The number of carbonyl (C=O) groups is 1. The summed E-state index contributed by atoms with van der Waals surface area (Å²) in [4.78, 5) is 12.3. The van der Waals surface area contributed by atoms with Gasteiger partial charge in [-0.1, -0.05) is 48.0 Å². The molecule has 0 radical (unpaired) electrons. The maximum atomic E-state index is 12.3. The van der Waals surface area contributed by atoms with Crippen molar-refractivity contribution in [1.29, 1.82) is 0 Å². The second kappa shape index (κ2) is 8.50. The maximum absolute atomic E-state index is 12.3. The Balaban J connectivity index is 1.89. The summed E-state index contributed by atoms with van der Waals surface area (Å²) >= 11 is 0. The molecule has 0 aliphatic carbocycles. The van der Waals surface area contributed by atoms with Crippen LogP contribution in [-0.4, -0.2) is 19.1 Å². The van der Waals surface area contributed by atoms with Gasteiger partial charge in [-0.3, -0.25) is 10.1 Å². The van der Waals surface area contributed by atoms with Crippen molar-refractivity contribution in [2.45, 2.75) is 39.4 Å². The highest BCUT2D eigenvalue weighted by molar-refractivity contribution is 5.81. The fourth-order valence-corrected chi connectivity index (χ4v) is 2.61. The zero-order chi connectivity index (χ0) is 17.5. The molecule has 0 saturated carbocycles. The molecule has 0 spiro atoms. The largest absolute Gasteiger partial charge is 0.496 e. The van der Waals surface area contributed by atoms with Gasteiger partial charge < -0.3 is 10.1 Å². The summed E-state index contributed by atoms with van der Waals surface area (Å²) < 4.78 is 5.38. The third-order valence-corrected chi connectivity index (χ3v) is 4.09. The molecule has 2 unspecified atom stereocenters. The number of rotatable bonds is 7. The lowest BCUT2D eigenvalue weighted by molar-refractivity contribution is -0.123. The van der Waals surface area contributed by atoms with E-state index in [0.717, 1.165) is 16.9 Å². The number of nitrogens with one attached hydrogen (secondary N) is 2. The predicted molar refractivity (Wildman–Crippen MR) is 97.0 cm³/mol. The van der Waals surface area contributed by atoms with Crippen LogP contribution in [0.1, 0.15) is 36.6 Å². The summed E-state index contributed by atoms with van der Waals surface area (Å²) in [7, 11) is 1.66. The second-order valence-electron chi connectivity index (χ2n) is 6.06. The number of aryl methyl sites for hydroxylation is 1. The quantitative estimate of drug-likeness (QED) is 0.820. The average Bonchev–Trinajstić information content (AvgIpc) is 2.60. The van der Waals surface area contributed by atoms with Crippen molar-refractivity contribution < 1.29 is 9.53 Å². The Morgan fingerprint density at radius 1 is 1.08 bits per heavy atom. The molecule has 0 saturated heterocycles. The van der Waals surface area contributed by atoms with E-state index < -0.39 is 0 Å². The van der Waals surface area contributed by atoms with Crippen LogP contribution >= 0.6 is 0 Å². The van der Waals surface area contributed by atoms with E-state index in [1.165, 1.54) is 5.56 Å². The number of ether oxygens (including phenoxy) is 1. The van der Waals surface area contributed by atoms with Crippen LogP contribution in [0.4, 0.5) is 0 Å². The van der Waals surface area contributed by atoms with Crippen LogP contribution in [-0.2, 0) is 11.3 Å². The normalized spacial score (nSPS) is 13.2. The Morgan fingerprint density at radius 2 is 1.75 bits per heavy atom. The lowest BCUT2D eigenvalue weighted by Gasteiger charge is -2.21. The molecule has 128 valence electrons. The Hall–Kier alpha value is -2.33. The van der Waals surface area contributed by atoms with Crippen molar-refractivity contribution in [2.24, 2.45) is 0 Å². The van der Waals surface area contributed by atoms with Gasteiger partial charge in [-0.15, -0.1) is 0 Å². The van der Waals surface area contributed by atoms with E-state index in [0.29, 0.717) is 6.54 Å². The molecule has 0 bridgehead atoms. The predicted octanol–water partition coefficient (Wildman–Crippen LogP) is 3.36. The average molecular weight is 326 g/mol. The number of carbonyl (C=O) groups excluding carboxylic acids is 1. The van der Waals surface area contributed by atoms with Gasteiger partial charge in [-0.05, 0) is 32.4 Å². The molecule has 2 N–H and O–H groups in total. The van der Waals surface area contributed by atoms with Gasteiger partial charge in [0.15, 0.2) is 0 Å². The number of benzene rings is 2. The molecule has 0 aliphatic rings. The van der Waals surface area contributed by atoms with E-state index >= 15 is 0 Å². The summed E-state index contributed by atoms with van der Waals surface area (Å²) in [5, 5.41) is 6.29. The molecule has 4 nitrogen and oxygen atoms in total. The number of hydrogen-bond acceptors (Lipinski definition) is 3. The fraction of sp³-hybridized carbons (Fsp3) is 0.350. The molecule has 0 fully saturated rings. The molecular weight excluding hydrogens is 300 g/mol. The first-order valence-electron chi connectivity index (χ1n) is 8.23. The minimum Gasteiger partial charge on any atom is -0.496 e. The molecule has 4 heteroatoms. The first kappa shape index (κ1) is 18.0. The van der Waals surface area contributed by atoms with Crippen LogP contribution in [0.2, 0.25) is 0 Å². The van der Waals surface area contributed by atoms with Crippen molar-refractivity contribution in [3.05, 3.63) is 65.2 Å². The minimum atomic E-state index is -0.296. The number of methoxy groups -OCH3 is 1. The van der Waals surface area contributed by atoms with Crippen LogP contribution in [0, 0.1) is 6.92 Å². The Kier molecular flexibility index (Phi) is 6.38. The third-order valence-electron chi connectivity index (χ3n) is 4.09. The van der Waals surface area contributed by atoms with E-state index in [9.17, 15) is 4.79 Å². The van der Waals surface area contributed by atoms with Crippen LogP contribution in [0.5, 0.6) is 5.75 Å². The standard InChI is InChI=1S/C20H26N2O2/c1-14-9-11-17(12-10-14)13-21-20(23)16(3)22-15(2)18-7-5-6-8-19(18)24-4/h5-12,15-16,22H,13H2,1-4H3,(H,21,23). The van der Waals surface area contributed by atoms with Gasteiger partial charge in [-0.25, -0.2) is 0 Å². The number of amides is 1. The molecule has 0 aromatic heterocycles. The second-order valence-corrected chi connectivity index (χ2v) is 6.06. The van der Waals surface area contributed by atoms with Crippen LogP contribution in [0.15, 0.2) is 48.5 Å². The lowest BCUT2D eigenvalue weighted by Crippen LogP contribution is -2.42. The van der Waals surface area contributed by atoms with Gasteiger partial charge in [0.25, 0.3) is 0 Å². The number of para-hydroxylation sites is 1. The van der Waals surface area contributed by atoms with Crippen molar-refractivity contribution in [2.75, 3.05) is 7.11 Å². The molecule has 2 aromatic carbocycles. The van der Waals surface area contributed by atoms with Gasteiger partial charge in [0, 0.05) is 18.2 Å². The Bertz CT molecular complexity index is 668. The van der Waals surface area contributed by atoms with E-state index in [1.807, 2.05) is 69.3 Å². The minimum absolute atomic E-state index is 0.0151. The van der Waals surface area contributed by atoms with Crippen molar-refractivity contribution in [3.8, 4) is 5.75 Å². The van der Waals surface area contributed by atoms with Crippen LogP contribution < -0.4 is 15.4 Å². The summed E-state index contributed by atoms with van der Waals surface area (Å²) in [5.41, 5.74) is 3.35. The third kappa shape index (κ3) is 4.83. The summed E-state index contributed by atoms with van der Waals surface area (Å²) in [6, 6.07) is 15.7. The SMILES string of the molecule is COc1ccccc1C(C)NC(C)C(=O)NCc1ccc(C)cc1. The first-order chi connectivity index (χ1) is 11.5. The van der Waals surface area contributed by atoms with Crippen molar-refractivity contribution >= 4 is 5.91 Å². The van der Waals surface area contributed by atoms with Gasteiger partial charge in [0.1, 0.15) is 5.75 Å². The van der Waals surface area contributed by atoms with Crippen LogP contribution in [0.25, 0.3) is 0 Å². The van der Waals surface area contributed by atoms with Gasteiger partial charge in [0.2, 0.25) is 5.91 Å². The maximum Gasteiger partial charge on any atom is 0.237 e. The highest BCUT2D eigenvalue weighted by Gasteiger charge is 2.18. The molecular formula is C20H26N2O2. The first-order valence-corrected chi connectivity index (χ1v) is 8.23. The van der Waals surface area contributed by atoms with Crippen molar-refractivity contribution in [3.63, 3.8) is 0 Å². The molecule has 0 heterocycles. The zero-order valence-electron chi connectivity index (χ0n) is 14.8. The van der Waals surface area contributed by atoms with Gasteiger partial charge in [0.05, 0.1) is 13.2 Å². The van der Waals surface area contributed by atoms with E-state index in [4.69, 9.17) is 4.74 Å². The van der Waals surface area contributed by atoms with E-state index in [-0.39, 0.29) is 18.0 Å². The Morgan fingerprint density at radius 3 is 2.42 bits per heavy atom. The summed E-state index contributed by atoms with van der Waals surface area (Å²) in [6.45, 7) is 6.49. The topological polar surface area (TPSA) is 50.4 Å². The molecule has 2 aromatic rings.